The summed E-state index contributed by atoms with van der Waals surface area (Å²) in [5, 5.41) is 19.0. The lowest BCUT2D eigenvalue weighted by atomic mass is 10.2. The van der Waals surface area contributed by atoms with Gasteiger partial charge in [0.05, 0.1) is 16.6 Å². The Morgan fingerprint density at radius 2 is 1.81 bits per heavy atom. The van der Waals surface area contributed by atoms with E-state index in [2.05, 4.69) is 36.6 Å². The van der Waals surface area contributed by atoms with Crippen LogP contribution in [0.2, 0.25) is 0 Å². The molecule has 1 aromatic heterocycles. The van der Waals surface area contributed by atoms with E-state index in [1.165, 1.54) is 6.07 Å². The third kappa shape index (κ3) is 5.97. The first-order valence-corrected chi connectivity index (χ1v) is 10.6. The van der Waals surface area contributed by atoms with Gasteiger partial charge in [-0.15, -0.1) is 0 Å². The number of aliphatic imine (C=N–C) groups is 1. The van der Waals surface area contributed by atoms with E-state index in [9.17, 15) is 9.90 Å². The zero-order valence-corrected chi connectivity index (χ0v) is 18.1. The molecule has 1 heterocycles. The van der Waals surface area contributed by atoms with E-state index in [4.69, 9.17) is 0 Å². The molecule has 0 aliphatic rings. The number of hydrogen-bond acceptors (Lipinski definition) is 4. The van der Waals surface area contributed by atoms with Crippen LogP contribution in [-0.4, -0.2) is 52.7 Å². The van der Waals surface area contributed by atoms with Crippen molar-refractivity contribution in [3.63, 3.8) is 0 Å². The van der Waals surface area contributed by atoms with Gasteiger partial charge in [0.25, 0.3) is 5.91 Å². The Kier molecular flexibility index (Phi) is 7.86. The number of carbonyl (C=O) groups is 1. The summed E-state index contributed by atoms with van der Waals surface area (Å²) >= 11 is 0. The average molecular weight is 423 g/mol. The highest BCUT2D eigenvalue weighted by Crippen LogP contribution is 2.16. The molecule has 0 atom stereocenters. The molecule has 2 aromatic carbocycles. The fourth-order valence-electron chi connectivity index (χ4n) is 3.36. The first-order chi connectivity index (χ1) is 15.1. The van der Waals surface area contributed by atoms with Crippen LogP contribution in [0.1, 0.15) is 29.5 Å². The molecular weight excluding hydrogens is 392 g/mol. The zero-order valence-electron chi connectivity index (χ0n) is 18.1. The molecule has 0 radical (unpaired) electrons. The van der Waals surface area contributed by atoms with Crippen LogP contribution < -0.4 is 16.0 Å². The molecule has 3 rings (SSSR count). The number of para-hydroxylation sites is 3. The lowest BCUT2D eigenvalue weighted by molar-refractivity contribution is 0.0951. The van der Waals surface area contributed by atoms with Gasteiger partial charge >= 0.3 is 0 Å². The monoisotopic (exact) mass is 422 g/mol. The molecule has 0 aliphatic heterocycles. The van der Waals surface area contributed by atoms with Crippen LogP contribution in [0.3, 0.4) is 0 Å². The quantitative estimate of drug-likeness (QED) is 0.241. The number of nitrogens with zero attached hydrogens (tertiary/aromatic N) is 3. The second kappa shape index (κ2) is 11.0. The predicted octanol–water partition coefficient (Wildman–Crippen LogP) is 2.43. The van der Waals surface area contributed by atoms with Crippen molar-refractivity contribution in [1.29, 1.82) is 0 Å². The van der Waals surface area contributed by atoms with Crippen molar-refractivity contribution >= 4 is 22.9 Å². The summed E-state index contributed by atoms with van der Waals surface area (Å²) < 4.78 is 2.22. The van der Waals surface area contributed by atoms with Crippen molar-refractivity contribution in [1.82, 2.24) is 25.5 Å². The normalized spacial score (nSPS) is 11.5. The number of aromatic nitrogens is 2. The van der Waals surface area contributed by atoms with Gasteiger partial charge < -0.3 is 25.6 Å². The highest BCUT2D eigenvalue weighted by atomic mass is 16.3. The first kappa shape index (κ1) is 22.1. The summed E-state index contributed by atoms with van der Waals surface area (Å²) in [4.78, 5) is 21.3. The molecule has 3 aromatic rings. The summed E-state index contributed by atoms with van der Waals surface area (Å²) in [6.45, 7) is 7.25. The van der Waals surface area contributed by atoms with E-state index < -0.39 is 0 Å². The number of carbonyl (C=O) groups excluding carboxylic acids is 1. The van der Waals surface area contributed by atoms with E-state index in [0.29, 0.717) is 25.6 Å². The number of hydrogen-bond donors (Lipinski definition) is 4. The fourth-order valence-corrected chi connectivity index (χ4v) is 3.36. The molecule has 0 spiro atoms. The van der Waals surface area contributed by atoms with Crippen molar-refractivity contribution in [2.75, 3.05) is 26.2 Å². The van der Waals surface area contributed by atoms with Crippen LogP contribution in [-0.2, 0) is 6.54 Å². The molecule has 0 aliphatic carbocycles. The van der Waals surface area contributed by atoms with Gasteiger partial charge in [0.1, 0.15) is 11.6 Å². The van der Waals surface area contributed by atoms with Crippen LogP contribution >= 0.6 is 0 Å². The Hall–Kier alpha value is -3.55. The average Bonchev–Trinajstić information content (AvgIpc) is 3.09. The topological polar surface area (TPSA) is 104 Å². The molecule has 31 heavy (non-hydrogen) atoms. The van der Waals surface area contributed by atoms with Gasteiger partial charge in [0, 0.05) is 32.7 Å². The van der Waals surface area contributed by atoms with E-state index in [0.717, 1.165) is 36.4 Å². The minimum absolute atomic E-state index is 0.0243. The summed E-state index contributed by atoms with van der Waals surface area (Å²) in [7, 11) is 0. The molecule has 0 fully saturated rings. The van der Waals surface area contributed by atoms with Gasteiger partial charge in [0.15, 0.2) is 5.96 Å². The number of imidazole rings is 1. The molecule has 0 bridgehead atoms. The number of phenols is 1. The van der Waals surface area contributed by atoms with Gasteiger partial charge in [-0.3, -0.25) is 9.79 Å². The first-order valence-electron chi connectivity index (χ1n) is 10.6. The fraction of sp³-hybridized carbons (Fsp3) is 0.348. The minimum Gasteiger partial charge on any atom is -0.507 e. The molecule has 164 valence electrons. The summed E-state index contributed by atoms with van der Waals surface area (Å²) in [6.07, 6.45) is 0.891. The van der Waals surface area contributed by atoms with Crippen LogP contribution in [0.4, 0.5) is 0 Å². The smallest absolute Gasteiger partial charge is 0.255 e. The number of benzene rings is 2. The minimum atomic E-state index is -0.301. The number of aryl methyl sites for hydroxylation is 2. The highest BCUT2D eigenvalue weighted by Gasteiger charge is 2.09. The SMILES string of the molecule is CCNC(=NCCCn1c(C)nc2ccccc21)NCCNC(=O)c1ccccc1O. The van der Waals surface area contributed by atoms with Gasteiger partial charge in [0.2, 0.25) is 0 Å². The third-order valence-corrected chi connectivity index (χ3v) is 4.85. The molecule has 0 saturated heterocycles. The highest BCUT2D eigenvalue weighted by molar-refractivity contribution is 5.96. The molecule has 4 N–H and O–H groups in total. The molecule has 8 nitrogen and oxygen atoms in total. The Labute approximate surface area is 182 Å². The van der Waals surface area contributed by atoms with Crippen LogP contribution in [0.5, 0.6) is 5.75 Å². The summed E-state index contributed by atoms with van der Waals surface area (Å²) in [5.74, 6) is 1.40. The second-order valence-corrected chi connectivity index (χ2v) is 7.11. The maximum absolute atomic E-state index is 12.1. The lowest BCUT2D eigenvalue weighted by Gasteiger charge is -2.12. The van der Waals surface area contributed by atoms with Crippen LogP contribution in [0.15, 0.2) is 53.5 Å². The maximum Gasteiger partial charge on any atom is 0.255 e. The third-order valence-electron chi connectivity index (χ3n) is 4.85. The Balaban J connectivity index is 1.45. The van der Waals surface area contributed by atoms with Gasteiger partial charge in [-0.05, 0) is 44.5 Å². The summed E-state index contributed by atoms with van der Waals surface area (Å²) in [5.41, 5.74) is 2.43. The largest absolute Gasteiger partial charge is 0.507 e. The Morgan fingerprint density at radius 1 is 1.06 bits per heavy atom. The Morgan fingerprint density at radius 3 is 2.61 bits per heavy atom. The number of fused-ring (bicyclic) bond motifs is 1. The van der Waals surface area contributed by atoms with Gasteiger partial charge in [-0.1, -0.05) is 24.3 Å². The van der Waals surface area contributed by atoms with E-state index in [1.54, 1.807) is 18.2 Å². The van der Waals surface area contributed by atoms with Crippen LogP contribution in [0, 0.1) is 6.92 Å². The maximum atomic E-state index is 12.1. The molecule has 1 amide bonds. The predicted molar refractivity (Wildman–Crippen MR) is 124 cm³/mol. The Bertz CT molecular complexity index is 1040. The van der Waals surface area contributed by atoms with Crippen molar-refractivity contribution in [3.05, 3.63) is 59.9 Å². The van der Waals surface area contributed by atoms with E-state index >= 15 is 0 Å². The number of aromatic hydroxyl groups is 1. The number of rotatable bonds is 9. The molecular formula is C23H30N6O2. The van der Waals surface area contributed by atoms with Crippen molar-refractivity contribution in [2.45, 2.75) is 26.8 Å². The summed E-state index contributed by atoms with van der Waals surface area (Å²) in [6, 6.07) is 14.6. The number of guanidine groups is 1. The van der Waals surface area contributed by atoms with Crippen LogP contribution in [0.25, 0.3) is 11.0 Å². The van der Waals surface area contributed by atoms with Crippen molar-refractivity contribution in [3.8, 4) is 5.75 Å². The van der Waals surface area contributed by atoms with Crippen molar-refractivity contribution < 1.29 is 9.90 Å². The van der Waals surface area contributed by atoms with E-state index in [-0.39, 0.29) is 17.2 Å². The van der Waals surface area contributed by atoms with E-state index in [1.807, 2.05) is 32.0 Å². The van der Waals surface area contributed by atoms with Gasteiger partial charge in [-0.25, -0.2) is 4.98 Å². The number of amides is 1. The number of phenolic OH excluding ortho intramolecular Hbond substituents is 1. The molecule has 0 saturated carbocycles. The number of nitrogens with one attached hydrogen (secondary N) is 3. The second-order valence-electron chi connectivity index (χ2n) is 7.11. The molecule has 8 heteroatoms. The lowest BCUT2D eigenvalue weighted by Crippen LogP contribution is -2.41. The molecule has 0 unspecified atom stereocenters. The van der Waals surface area contributed by atoms with Gasteiger partial charge in [-0.2, -0.15) is 0 Å². The van der Waals surface area contributed by atoms with Crippen molar-refractivity contribution in [2.24, 2.45) is 4.99 Å². The standard InChI is InChI=1S/C23H30N6O2/c1-3-24-23(27-15-14-25-22(31)18-9-4-7-12-21(18)30)26-13-8-16-29-17(2)28-19-10-5-6-11-20(19)29/h4-7,9-12,30H,3,8,13-16H2,1-2H3,(H,25,31)(H2,24,26,27). The zero-order chi connectivity index (χ0) is 22.1.